The Bertz CT molecular complexity index is 419. The van der Waals surface area contributed by atoms with Crippen LogP contribution in [-0.2, 0) is 9.59 Å². The predicted molar refractivity (Wildman–Crippen MR) is 71.5 cm³/mol. The van der Waals surface area contributed by atoms with E-state index in [9.17, 15) is 9.59 Å². The van der Waals surface area contributed by atoms with E-state index in [1.807, 2.05) is 6.08 Å². The van der Waals surface area contributed by atoms with Crippen molar-refractivity contribution in [3.8, 4) is 0 Å². The molecule has 4 aliphatic rings. The number of allylic oxidation sites excluding steroid dienone is 3. The van der Waals surface area contributed by atoms with Crippen molar-refractivity contribution in [1.82, 2.24) is 0 Å². The number of carboxylic acids is 1. The SMILES string of the molecule is O=C(O)C(=O)/C=C/C=C/C1C2CC3CC(C2)CC1C3. The number of rotatable bonds is 4. The first-order chi connectivity index (χ1) is 9.13. The van der Waals surface area contributed by atoms with Gasteiger partial charge in [-0.25, -0.2) is 4.79 Å². The van der Waals surface area contributed by atoms with Gasteiger partial charge in [-0.2, -0.15) is 0 Å². The van der Waals surface area contributed by atoms with Crippen LogP contribution in [0.2, 0.25) is 0 Å². The fraction of sp³-hybridized carbons (Fsp3) is 0.625. The third-order valence-corrected chi connectivity index (χ3v) is 5.20. The molecule has 19 heavy (non-hydrogen) atoms. The van der Waals surface area contributed by atoms with Crippen LogP contribution in [-0.4, -0.2) is 16.9 Å². The van der Waals surface area contributed by atoms with E-state index in [4.69, 9.17) is 5.11 Å². The third kappa shape index (κ3) is 2.51. The maximum Gasteiger partial charge on any atom is 0.376 e. The molecule has 0 aromatic heterocycles. The second-order valence-corrected chi connectivity index (χ2v) is 6.42. The Hall–Kier alpha value is -1.38. The van der Waals surface area contributed by atoms with Crippen molar-refractivity contribution in [3.63, 3.8) is 0 Å². The monoisotopic (exact) mass is 260 g/mol. The lowest BCUT2D eigenvalue weighted by Gasteiger charge is -2.53. The van der Waals surface area contributed by atoms with Gasteiger partial charge in [-0.1, -0.05) is 18.2 Å². The molecule has 1 N–H and O–H groups in total. The molecule has 3 nitrogen and oxygen atoms in total. The quantitative estimate of drug-likeness (QED) is 0.480. The smallest absolute Gasteiger partial charge is 0.376 e. The lowest BCUT2D eigenvalue weighted by molar-refractivity contribution is -0.146. The van der Waals surface area contributed by atoms with Crippen molar-refractivity contribution in [2.24, 2.45) is 29.6 Å². The first-order valence-electron chi connectivity index (χ1n) is 7.25. The molecule has 4 aliphatic carbocycles. The van der Waals surface area contributed by atoms with Crippen LogP contribution < -0.4 is 0 Å². The van der Waals surface area contributed by atoms with Gasteiger partial charge in [0.25, 0.3) is 5.78 Å². The van der Waals surface area contributed by atoms with E-state index >= 15 is 0 Å². The van der Waals surface area contributed by atoms with Gasteiger partial charge in [0, 0.05) is 0 Å². The summed E-state index contributed by atoms with van der Waals surface area (Å²) in [5, 5.41) is 8.47. The molecule has 0 unspecified atom stereocenters. The van der Waals surface area contributed by atoms with E-state index in [-0.39, 0.29) is 0 Å². The van der Waals surface area contributed by atoms with Gasteiger partial charge in [-0.3, -0.25) is 4.79 Å². The highest BCUT2D eigenvalue weighted by Gasteiger charge is 2.46. The molecule has 4 bridgehead atoms. The normalized spacial score (nSPS) is 40.3. The standard InChI is InChI=1S/C16H20O3/c17-15(16(18)19)4-2-1-3-14-12-6-10-5-11(8-12)9-13(14)7-10/h1-4,10-14H,5-9H2,(H,18,19)/b3-1+,4-2+. The summed E-state index contributed by atoms with van der Waals surface area (Å²) in [7, 11) is 0. The molecule has 4 fully saturated rings. The summed E-state index contributed by atoms with van der Waals surface area (Å²) < 4.78 is 0. The maximum atomic E-state index is 10.9. The summed E-state index contributed by atoms with van der Waals surface area (Å²) >= 11 is 0. The van der Waals surface area contributed by atoms with Crippen molar-refractivity contribution >= 4 is 11.8 Å². The van der Waals surface area contributed by atoms with Crippen LogP contribution in [0, 0.1) is 29.6 Å². The van der Waals surface area contributed by atoms with Crippen molar-refractivity contribution in [2.75, 3.05) is 0 Å². The minimum absolute atomic E-state index is 0.650. The molecule has 0 aromatic carbocycles. The molecule has 0 radical (unpaired) electrons. The minimum Gasteiger partial charge on any atom is -0.475 e. The molecule has 0 aliphatic heterocycles. The fourth-order valence-electron chi connectivity index (χ4n) is 4.69. The summed E-state index contributed by atoms with van der Waals surface area (Å²) in [6.45, 7) is 0. The molecule has 0 saturated heterocycles. The maximum absolute atomic E-state index is 10.9. The molecule has 102 valence electrons. The van der Waals surface area contributed by atoms with Crippen molar-refractivity contribution < 1.29 is 14.7 Å². The van der Waals surface area contributed by atoms with Gasteiger partial charge in [0.1, 0.15) is 0 Å². The van der Waals surface area contributed by atoms with E-state index in [1.165, 1.54) is 32.1 Å². The van der Waals surface area contributed by atoms with Crippen molar-refractivity contribution in [1.29, 1.82) is 0 Å². The van der Waals surface area contributed by atoms with Gasteiger partial charge >= 0.3 is 5.97 Å². The third-order valence-electron chi connectivity index (χ3n) is 5.20. The first-order valence-corrected chi connectivity index (χ1v) is 7.25. The van der Waals surface area contributed by atoms with Gasteiger partial charge in [0.15, 0.2) is 0 Å². The number of carboxylic acid groups (broad SMARTS) is 1. The molecule has 0 amide bonds. The summed E-state index contributed by atoms with van der Waals surface area (Å²) in [5.74, 6) is 2.01. The van der Waals surface area contributed by atoms with E-state index in [1.54, 1.807) is 6.08 Å². The molecule has 3 heteroatoms. The van der Waals surface area contributed by atoms with Crippen LogP contribution >= 0.6 is 0 Å². The number of carbonyl (C=O) groups excluding carboxylic acids is 1. The van der Waals surface area contributed by atoms with Gasteiger partial charge in [0.05, 0.1) is 0 Å². The van der Waals surface area contributed by atoms with Crippen LogP contribution in [0.25, 0.3) is 0 Å². The number of carbonyl (C=O) groups is 2. The average molecular weight is 260 g/mol. The van der Waals surface area contributed by atoms with Crippen LogP contribution in [0.4, 0.5) is 0 Å². The fourth-order valence-corrected chi connectivity index (χ4v) is 4.69. The highest BCUT2D eigenvalue weighted by Crippen LogP contribution is 2.56. The molecular formula is C16H20O3. The van der Waals surface area contributed by atoms with Gasteiger partial charge in [-0.15, -0.1) is 0 Å². The second kappa shape index (κ2) is 4.95. The summed E-state index contributed by atoms with van der Waals surface area (Å²) in [5.41, 5.74) is 0. The zero-order chi connectivity index (χ0) is 13.4. The topological polar surface area (TPSA) is 54.4 Å². The lowest BCUT2D eigenvalue weighted by atomic mass is 9.52. The first kappa shape index (κ1) is 12.6. The molecule has 4 saturated carbocycles. The largest absolute Gasteiger partial charge is 0.475 e. The number of aliphatic carboxylic acids is 1. The number of hydrogen-bond donors (Lipinski definition) is 1. The van der Waals surface area contributed by atoms with Crippen LogP contribution in [0.5, 0.6) is 0 Å². The summed E-state index contributed by atoms with van der Waals surface area (Å²) in [4.78, 5) is 21.3. The zero-order valence-corrected chi connectivity index (χ0v) is 11.0. The number of hydrogen-bond acceptors (Lipinski definition) is 2. The Labute approximate surface area is 113 Å². The highest BCUT2D eigenvalue weighted by molar-refractivity contribution is 6.37. The lowest BCUT2D eigenvalue weighted by Crippen LogP contribution is -2.44. The Kier molecular flexibility index (Phi) is 3.29. The predicted octanol–water partition coefficient (Wildman–Crippen LogP) is 2.82. The van der Waals surface area contributed by atoms with Gasteiger partial charge in [-0.05, 0) is 67.8 Å². The molecule has 0 spiro atoms. The molecule has 0 aromatic rings. The van der Waals surface area contributed by atoms with Crippen molar-refractivity contribution in [2.45, 2.75) is 32.1 Å². The number of ketones is 1. The Balaban J connectivity index is 1.61. The Morgan fingerprint density at radius 3 is 2.00 bits per heavy atom. The van der Waals surface area contributed by atoms with Crippen LogP contribution in [0.1, 0.15) is 32.1 Å². The minimum atomic E-state index is -1.39. The van der Waals surface area contributed by atoms with Gasteiger partial charge < -0.3 is 5.11 Å². The molecular weight excluding hydrogens is 240 g/mol. The van der Waals surface area contributed by atoms with E-state index in [0.29, 0.717) is 5.92 Å². The Morgan fingerprint density at radius 1 is 0.895 bits per heavy atom. The van der Waals surface area contributed by atoms with Crippen molar-refractivity contribution in [3.05, 3.63) is 24.3 Å². The van der Waals surface area contributed by atoms with E-state index < -0.39 is 11.8 Å². The van der Waals surface area contributed by atoms with E-state index in [0.717, 1.165) is 29.7 Å². The molecule has 0 heterocycles. The van der Waals surface area contributed by atoms with Crippen LogP contribution in [0.3, 0.4) is 0 Å². The van der Waals surface area contributed by atoms with Gasteiger partial charge in [0.2, 0.25) is 0 Å². The summed E-state index contributed by atoms with van der Waals surface area (Å²) in [6, 6.07) is 0. The zero-order valence-electron chi connectivity index (χ0n) is 11.0. The molecule has 4 rings (SSSR count). The average Bonchev–Trinajstić information content (AvgIpc) is 2.35. The van der Waals surface area contributed by atoms with Crippen LogP contribution in [0.15, 0.2) is 24.3 Å². The molecule has 0 atom stereocenters. The summed E-state index contributed by atoms with van der Waals surface area (Å²) in [6.07, 6.45) is 13.7. The second-order valence-electron chi connectivity index (χ2n) is 6.42. The van der Waals surface area contributed by atoms with E-state index in [2.05, 4.69) is 6.08 Å². The highest BCUT2D eigenvalue weighted by atomic mass is 16.4. The Morgan fingerprint density at radius 2 is 1.47 bits per heavy atom.